The first-order valence-electron chi connectivity index (χ1n) is 6.89. The predicted molar refractivity (Wildman–Crippen MR) is 79.0 cm³/mol. The van der Waals surface area contributed by atoms with Gasteiger partial charge in [0, 0.05) is 18.5 Å². The van der Waals surface area contributed by atoms with Gasteiger partial charge in [-0.1, -0.05) is 6.07 Å². The summed E-state index contributed by atoms with van der Waals surface area (Å²) in [5, 5.41) is 0. The van der Waals surface area contributed by atoms with Crippen LogP contribution in [-0.2, 0) is 20.8 Å². The molecule has 2 heterocycles. The van der Waals surface area contributed by atoms with Gasteiger partial charge in [-0.3, -0.25) is 4.98 Å². The molecule has 0 aliphatic carbocycles. The van der Waals surface area contributed by atoms with Crippen LogP contribution >= 0.6 is 0 Å². The molecule has 1 aliphatic heterocycles. The van der Waals surface area contributed by atoms with Crippen LogP contribution in [0.5, 0.6) is 0 Å². The van der Waals surface area contributed by atoms with Crippen molar-refractivity contribution in [2.45, 2.75) is 32.7 Å². The number of ether oxygens (including phenoxy) is 2. The Bertz CT molecular complexity index is 540. The molecular formula is C16H20N2O3. The molecule has 0 radical (unpaired) electrons. The van der Waals surface area contributed by atoms with Gasteiger partial charge in [0.15, 0.2) is 0 Å². The minimum absolute atomic E-state index is 0.0442. The highest BCUT2D eigenvalue weighted by molar-refractivity contribution is 5.82. The SMILES string of the molecule is COC(=O)/C=C/C1=CN(Cc2ccccn2)[C@H](C)O[C@@H]1C. The molecule has 0 unspecified atom stereocenters. The Balaban J connectivity index is 2.14. The number of nitrogens with zero attached hydrogens (tertiary/aromatic N) is 2. The first-order chi connectivity index (χ1) is 10.1. The van der Waals surface area contributed by atoms with Gasteiger partial charge in [-0.15, -0.1) is 0 Å². The van der Waals surface area contributed by atoms with E-state index in [1.165, 1.54) is 13.2 Å². The monoisotopic (exact) mass is 288 g/mol. The molecule has 0 N–H and O–H groups in total. The van der Waals surface area contributed by atoms with Crippen molar-refractivity contribution in [2.24, 2.45) is 0 Å². The maximum atomic E-state index is 11.2. The van der Waals surface area contributed by atoms with Gasteiger partial charge in [-0.25, -0.2) is 4.79 Å². The summed E-state index contributed by atoms with van der Waals surface area (Å²) in [6, 6.07) is 5.83. The molecule has 1 aromatic heterocycles. The largest absolute Gasteiger partial charge is 0.466 e. The number of aromatic nitrogens is 1. The summed E-state index contributed by atoms with van der Waals surface area (Å²) in [7, 11) is 1.36. The van der Waals surface area contributed by atoms with Gasteiger partial charge in [0.05, 0.1) is 25.5 Å². The van der Waals surface area contributed by atoms with Gasteiger partial charge in [0.25, 0.3) is 0 Å². The molecule has 1 aromatic rings. The van der Waals surface area contributed by atoms with E-state index < -0.39 is 0 Å². The standard InChI is InChI=1S/C16H20N2O3/c1-12-14(7-8-16(19)20-3)10-18(13(2)21-12)11-15-6-4-5-9-17-15/h4-10,12-13H,11H2,1-3H3/b8-7+/t12-,13+/m1/s1. The van der Waals surface area contributed by atoms with Crippen molar-refractivity contribution in [2.75, 3.05) is 7.11 Å². The molecule has 21 heavy (non-hydrogen) atoms. The Kier molecular flexibility index (Phi) is 5.11. The van der Waals surface area contributed by atoms with Crippen molar-refractivity contribution in [1.29, 1.82) is 0 Å². The molecular weight excluding hydrogens is 268 g/mol. The van der Waals surface area contributed by atoms with Crippen LogP contribution in [0.1, 0.15) is 19.5 Å². The second-order valence-electron chi connectivity index (χ2n) is 4.86. The van der Waals surface area contributed by atoms with E-state index in [-0.39, 0.29) is 18.3 Å². The number of carbonyl (C=O) groups is 1. The third kappa shape index (κ3) is 4.16. The number of hydrogen-bond acceptors (Lipinski definition) is 5. The fraction of sp³-hybridized carbons (Fsp3) is 0.375. The van der Waals surface area contributed by atoms with Crippen molar-refractivity contribution in [1.82, 2.24) is 9.88 Å². The average Bonchev–Trinajstić information content (AvgIpc) is 2.49. The van der Waals surface area contributed by atoms with Crippen LogP contribution in [0.2, 0.25) is 0 Å². The smallest absolute Gasteiger partial charge is 0.330 e. The van der Waals surface area contributed by atoms with Crippen LogP contribution in [0.25, 0.3) is 0 Å². The first kappa shape index (κ1) is 15.3. The first-order valence-corrected chi connectivity index (χ1v) is 6.89. The van der Waals surface area contributed by atoms with Crippen molar-refractivity contribution < 1.29 is 14.3 Å². The van der Waals surface area contributed by atoms with E-state index in [2.05, 4.69) is 14.6 Å². The maximum absolute atomic E-state index is 11.2. The molecule has 0 aromatic carbocycles. The average molecular weight is 288 g/mol. The maximum Gasteiger partial charge on any atom is 0.330 e. The van der Waals surface area contributed by atoms with Gasteiger partial charge < -0.3 is 14.4 Å². The highest BCUT2D eigenvalue weighted by atomic mass is 16.5. The Morgan fingerprint density at radius 1 is 1.48 bits per heavy atom. The molecule has 2 atom stereocenters. The number of rotatable bonds is 4. The topological polar surface area (TPSA) is 51.7 Å². The Hall–Kier alpha value is -2.14. The summed E-state index contributed by atoms with van der Waals surface area (Å²) in [6.07, 6.45) is 6.80. The lowest BCUT2D eigenvalue weighted by Gasteiger charge is -2.35. The normalized spacial score (nSPS) is 22.2. The van der Waals surface area contributed by atoms with Crippen LogP contribution in [0.15, 0.2) is 48.3 Å². The zero-order valence-electron chi connectivity index (χ0n) is 12.5. The summed E-state index contributed by atoms with van der Waals surface area (Å²) in [5.41, 5.74) is 1.89. The van der Waals surface area contributed by atoms with E-state index in [9.17, 15) is 4.79 Å². The fourth-order valence-electron chi connectivity index (χ4n) is 2.12. The van der Waals surface area contributed by atoms with E-state index >= 15 is 0 Å². The highest BCUT2D eigenvalue weighted by Gasteiger charge is 2.23. The molecule has 0 fully saturated rings. The minimum Gasteiger partial charge on any atom is -0.466 e. The molecule has 0 spiro atoms. The summed E-state index contributed by atoms with van der Waals surface area (Å²) in [6.45, 7) is 4.61. The lowest BCUT2D eigenvalue weighted by Crippen LogP contribution is -2.38. The van der Waals surface area contributed by atoms with Crippen LogP contribution in [0, 0.1) is 0 Å². The Morgan fingerprint density at radius 3 is 2.95 bits per heavy atom. The van der Waals surface area contributed by atoms with Crippen LogP contribution in [0.3, 0.4) is 0 Å². The fourth-order valence-corrected chi connectivity index (χ4v) is 2.12. The van der Waals surface area contributed by atoms with Gasteiger partial charge in [0.1, 0.15) is 6.23 Å². The van der Waals surface area contributed by atoms with Crippen molar-refractivity contribution in [3.63, 3.8) is 0 Å². The lowest BCUT2D eigenvalue weighted by atomic mass is 10.1. The number of esters is 1. The number of pyridine rings is 1. The molecule has 0 saturated heterocycles. The van der Waals surface area contributed by atoms with Gasteiger partial charge in [-0.05, 0) is 37.6 Å². The molecule has 5 nitrogen and oxygen atoms in total. The van der Waals surface area contributed by atoms with E-state index in [1.807, 2.05) is 38.2 Å². The third-order valence-electron chi connectivity index (χ3n) is 3.34. The number of hydrogen-bond donors (Lipinski definition) is 0. The predicted octanol–water partition coefficient (Wildman–Crippen LogP) is 2.26. The minimum atomic E-state index is -0.377. The zero-order valence-corrected chi connectivity index (χ0v) is 12.5. The lowest BCUT2D eigenvalue weighted by molar-refractivity contribution is -0.134. The van der Waals surface area contributed by atoms with E-state index in [1.54, 1.807) is 12.3 Å². The van der Waals surface area contributed by atoms with Crippen LogP contribution in [-0.4, -0.2) is 35.3 Å². The molecule has 112 valence electrons. The van der Waals surface area contributed by atoms with Crippen molar-refractivity contribution >= 4 is 5.97 Å². The summed E-state index contributed by atoms with van der Waals surface area (Å²) < 4.78 is 10.5. The van der Waals surface area contributed by atoms with E-state index in [0.29, 0.717) is 6.54 Å². The molecule has 5 heteroatoms. The molecule has 0 amide bonds. The second kappa shape index (κ2) is 7.04. The summed E-state index contributed by atoms with van der Waals surface area (Å²) in [4.78, 5) is 17.6. The van der Waals surface area contributed by atoms with Crippen LogP contribution in [0.4, 0.5) is 0 Å². The highest BCUT2D eigenvalue weighted by Crippen LogP contribution is 2.22. The zero-order chi connectivity index (χ0) is 15.2. The molecule has 2 rings (SSSR count). The van der Waals surface area contributed by atoms with Gasteiger partial charge >= 0.3 is 5.97 Å². The van der Waals surface area contributed by atoms with E-state index in [0.717, 1.165) is 11.3 Å². The number of methoxy groups -OCH3 is 1. The molecule has 0 bridgehead atoms. The second-order valence-corrected chi connectivity index (χ2v) is 4.86. The number of carbonyl (C=O) groups excluding carboxylic acids is 1. The van der Waals surface area contributed by atoms with Gasteiger partial charge in [-0.2, -0.15) is 0 Å². The van der Waals surface area contributed by atoms with Crippen molar-refractivity contribution in [3.05, 3.63) is 54.0 Å². The summed E-state index contributed by atoms with van der Waals surface area (Å²) in [5.74, 6) is -0.377. The quantitative estimate of drug-likeness (QED) is 0.628. The van der Waals surface area contributed by atoms with E-state index in [4.69, 9.17) is 4.74 Å². The Morgan fingerprint density at radius 2 is 2.29 bits per heavy atom. The van der Waals surface area contributed by atoms with Crippen molar-refractivity contribution in [3.8, 4) is 0 Å². The van der Waals surface area contributed by atoms with Gasteiger partial charge in [0.2, 0.25) is 0 Å². The summed E-state index contributed by atoms with van der Waals surface area (Å²) >= 11 is 0. The molecule has 1 aliphatic rings. The third-order valence-corrected chi connectivity index (χ3v) is 3.34. The molecule has 0 saturated carbocycles. The van der Waals surface area contributed by atoms with Crippen LogP contribution < -0.4 is 0 Å². The Labute approximate surface area is 124 Å².